The molecule has 1 aromatic heterocycles. The Morgan fingerprint density at radius 2 is 1.88 bits per heavy atom. The molecule has 0 bridgehead atoms. The van der Waals surface area contributed by atoms with Gasteiger partial charge in [-0.2, -0.15) is 18.3 Å². The molecule has 0 spiro atoms. The van der Waals surface area contributed by atoms with E-state index in [2.05, 4.69) is 10.4 Å². The van der Waals surface area contributed by atoms with Gasteiger partial charge in [0.15, 0.2) is 18.1 Å². The van der Waals surface area contributed by atoms with Gasteiger partial charge in [-0.1, -0.05) is 6.07 Å². The number of hydrogen-bond donors (Lipinski definition) is 1. The number of hydrogen-bond acceptors (Lipinski definition) is 4. The maximum atomic E-state index is 12.3. The second-order valence-electron chi connectivity index (χ2n) is 5.24. The number of aryl methyl sites for hydroxylation is 1. The quantitative estimate of drug-likeness (QED) is 0.800. The van der Waals surface area contributed by atoms with E-state index in [-0.39, 0.29) is 5.75 Å². The summed E-state index contributed by atoms with van der Waals surface area (Å²) < 4.78 is 48.8. The Labute approximate surface area is 138 Å². The third kappa shape index (κ3) is 5.77. The number of nitrogens with one attached hydrogen (secondary N) is 1. The summed E-state index contributed by atoms with van der Waals surface area (Å²) in [7, 11) is 1.84. The first-order valence-electron chi connectivity index (χ1n) is 7.51. The minimum absolute atomic E-state index is 0.0881. The van der Waals surface area contributed by atoms with Crippen molar-refractivity contribution in [1.82, 2.24) is 15.1 Å². The number of benzene rings is 1. The lowest BCUT2D eigenvalue weighted by atomic mass is 10.2. The minimum Gasteiger partial charge on any atom is -0.490 e. The van der Waals surface area contributed by atoms with Crippen LogP contribution in [-0.4, -0.2) is 29.2 Å². The van der Waals surface area contributed by atoms with Crippen LogP contribution in [0.25, 0.3) is 0 Å². The van der Waals surface area contributed by atoms with Gasteiger partial charge in [0, 0.05) is 31.9 Å². The first-order chi connectivity index (χ1) is 11.4. The van der Waals surface area contributed by atoms with Crippen molar-refractivity contribution in [2.75, 3.05) is 13.2 Å². The second kappa shape index (κ2) is 8.05. The van der Waals surface area contributed by atoms with Gasteiger partial charge in [0.2, 0.25) is 0 Å². The van der Waals surface area contributed by atoms with E-state index in [1.165, 1.54) is 6.07 Å². The number of aromatic nitrogens is 2. The first-order valence-corrected chi connectivity index (χ1v) is 7.51. The van der Waals surface area contributed by atoms with Crippen LogP contribution in [0, 0.1) is 0 Å². The Hall–Kier alpha value is -2.22. The van der Waals surface area contributed by atoms with Crippen molar-refractivity contribution < 1.29 is 22.6 Å². The largest absolute Gasteiger partial charge is 0.490 e. The van der Waals surface area contributed by atoms with Gasteiger partial charge in [-0.3, -0.25) is 4.68 Å². The maximum absolute atomic E-state index is 12.3. The average Bonchev–Trinajstić information content (AvgIpc) is 2.91. The Balaban J connectivity index is 1.96. The van der Waals surface area contributed by atoms with Crippen LogP contribution in [0.2, 0.25) is 0 Å². The van der Waals surface area contributed by atoms with Crippen LogP contribution in [0.4, 0.5) is 13.2 Å². The molecule has 0 fully saturated rings. The summed E-state index contributed by atoms with van der Waals surface area (Å²) >= 11 is 0. The van der Waals surface area contributed by atoms with Gasteiger partial charge in [0.1, 0.15) is 0 Å². The molecular formula is C16H20F3N3O2. The van der Waals surface area contributed by atoms with Crippen molar-refractivity contribution in [2.24, 2.45) is 7.05 Å². The molecular weight excluding hydrogens is 323 g/mol. The van der Waals surface area contributed by atoms with Crippen LogP contribution in [-0.2, 0) is 20.1 Å². The summed E-state index contributed by atoms with van der Waals surface area (Å²) in [5, 5.41) is 7.33. The molecule has 0 saturated heterocycles. The normalized spacial score (nSPS) is 11.5. The lowest BCUT2D eigenvalue weighted by Gasteiger charge is -2.14. The van der Waals surface area contributed by atoms with Crippen LogP contribution in [0.15, 0.2) is 30.6 Å². The fourth-order valence-electron chi connectivity index (χ4n) is 2.12. The Morgan fingerprint density at radius 1 is 1.12 bits per heavy atom. The lowest BCUT2D eigenvalue weighted by molar-refractivity contribution is -0.153. The van der Waals surface area contributed by atoms with Crippen molar-refractivity contribution in [3.63, 3.8) is 0 Å². The van der Waals surface area contributed by atoms with Crippen LogP contribution >= 0.6 is 0 Å². The first kappa shape index (κ1) is 18.1. The lowest BCUT2D eigenvalue weighted by Crippen LogP contribution is -2.19. The minimum atomic E-state index is -4.38. The van der Waals surface area contributed by atoms with E-state index >= 15 is 0 Å². The summed E-state index contributed by atoms with van der Waals surface area (Å²) in [6.45, 7) is 1.96. The van der Waals surface area contributed by atoms with E-state index in [1.807, 2.05) is 13.2 Å². The standard InChI is InChI=1S/C16H20F3N3O2/c1-3-23-15-6-12(4-5-14(15)24-11-16(17,18)19)7-20-8-13-9-21-22(2)10-13/h4-6,9-10,20H,3,7-8,11H2,1-2H3. The highest BCUT2D eigenvalue weighted by Crippen LogP contribution is 2.30. The zero-order chi connectivity index (χ0) is 17.6. The van der Waals surface area contributed by atoms with E-state index in [1.54, 1.807) is 29.9 Å². The molecule has 2 aromatic rings. The summed E-state index contributed by atoms with van der Waals surface area (Å²) in [6.07, 6.45) is -0.702. The third-order valence-corrected chi connectivity index (χ3v) is 3.12. The molecule has 0 aliphatic heterocycles. The molecule has 0 aliphatic carbocycles. The van der Waals surface area contributed by atoms with Gasteiger partial charge in [-0.25, -0.2) is 0 Å². The number of rotatable bonds is 8. The summed E-state index contributed by atoms with van der Waals surface area (Å²) in [4.78, 5) is 0. The highest BCUT2D eigenvalue weighted by molar-refractivity contribution is 5.43. The van der Waals surface area contributed by atoms with Gasteiger partial charge >= 0.3 is 6.18 Å². The van der Waals surface area contributed by atoms with Crippen LogP contribution in [0.5, 0.6) is 11.5 Å². The molecule has 1 N–H and O–H groups in total. The van der Waals surface area contributed by atoms with Crippen LogP contribution < -0.4 is 14.8 Å². The molecule has 24 heavy (non-hydrogen) atoms. The van der Waals surface area contributed by atoms with Crippen LogP contribution in [0.3, 0.4) is 0 Å². The zero-order valence-corrected chi connectivity index (χ0v) is 13.6. The number of ether oxygens (including phenoxy) is 2. The molecule has 0 aliphatic rings. The second-order valence-corrected chi connectivity index (χ2v) is 5.24. The van der Waals surface area contributed by atoms with Crippen molar-refractivity contribution in [3.8, 4) is 11.5 Å². The van der Waals surface area contributed by atoms with E-state index < -0.39 is 12.8 Å². The van der Waals surface area contributed by atoms with Crippen molar-refractivity contribution >= 4 is 0 Å². The van der Waals surface area contributed by atoms with E-state index in [4.69, 9.17) is 9.47 Å². The van der Waals surface area contributed by atoms with E-state index in [0.29, 0.717) is 25.4 Å². The Kier molecular flexibility index (Phi) is 6.08. The highest BCUT2D eigenvalue weighted by Gasteiger charge is 2.29. The molecule has 0 unspecified atom stereocenters. The summed E-state index contributed by atoms with van der Waals surface area (Å²) in [6, 6.07) is 4.90. The molecule has 1 heterocycles. The van der Waals surface area contributed by atoms with Gasteiger partial charge in [0.05, 0.1) is 12.8 Å². The molecule has 2 rings (SSSR count). The summed E-state index contributed by atoms with van der Waals surface area (Å²) in [5.74, 6) is 0.396. The number of alkyl halides is 3. The van der Waals surface area contributed by atoms with E-state index in [0.717, 1.165) is 11.1 Å². The van der Waals surface area contributed by atoms with Crippen molar-refractivity contribution in [1.29, 1.82) is 0 Å². The fraction of sp³-hybridized carbons (Fsp3) is 0.438. The molecule has 0 amide bonds. The molecule has 1 aromatic carbocycles. The maximum Gasteiger partial charge on any atom is 0.422 e. The molecule has 5 nitrogen and oxygen atoms in total. The Morgan fingerprint density at radius 3 is 2.50 bits per heavy atom. The van der Waals surface area contributed by atoms with Crippen LogP contribution in [0.1, 0.15) is 18.1 Å². The van der Waals surface area contributed by atoms with E-state index in [9.17, 15) is 13.2 Å². The molecule has 132 valence electrons. The Bertz CT molecular complexity index is 656. The SMILES string of the molecule is CCOc1cc(CNCc2cnn(C)c2)ccc1OCC(F)(F)F. The monoisotopic (exact) mass is 343 g/mol. The predicted octanol–water partition coefficient (Wildman–Crippen LogP) is 3.05. The zero-order valence-electron chi connectivity index (χ0n) is 13.6. The van der Waals surface area contributed by atoms with Gasteiger partial charge in [-0.15, -0.1) is 0 Å². The average molecular weight is 343 g/mol. The fourth-order valence-corrected chi connectivity index (χ4v) is 2.12. The number of nitrogens with zero attached hydrogens (tertiary/aromatic N) is 2. The topological polar surface area (TPSA) is 48.3 Å². The van der Waals surface area contributed by atoms with Crippen molar-refractivity contribution in [2.45, 2.75) is 26.2 Å². The van der Waals surface area contributed by atoms with Crippen molar-refractivity contribution in [3.05, 3.63) is 41.7 Å². The molecule has 0 radical (unpaired) electrons. The third-order valence-electron chi connectivity index (χ3n) is 3.12. The number of halogens is 3. The molecule has 8 heteroatoms. The smallest absolute Gasteiger partial charge is 0.422 e. The summed E-state index contributed by atoms with van der Waals surface area (Å²) in [5.41, 5.74) is 1.94. The highest BCUT2D eigenvalue weighted by atomic mass is 19.4. The molecule has 0 saturated carbocycles. The van der Waals surface area contributed by atoms with Gasteiger partial charge in [-0.05, 0) is 24.6 Å². The van der Waals surface area contributed by atoms with Gasteiger partial charge in [0.25, 0.3) is 0 Å². The molecule has 0 atom stereocenters. The van der Waals surface area contributed by atoms with Gasteiger partial charge < -0.3 is 14.8 Å². The predicted molar refractivity (Wildman–Crippen MR) is 82.9 cm³/mol.